The highest BCUT2D eigenvalue weighted by molar-refractivity contribution is 5.72. The highest BCUT2D eigenvalue weighted by atomic mass is 16.3. The maximum atomic E-state index is 9.28. The van der Waals surface area contributed by atoms with E-state index in [1.54, 1.807) is 0 Å². The van der Waals surface area contributed by atoms with E-state index in [0.29, 0.717) is 11.1 Å². The van der Waals surface area contributed by atoms with Crippen LogP contribution in [0, 0.1) is 0 Å². The second-order valence-electron chi connectivity index (χ2n) is 2.51. The van der Waals surface area contributed by atoms with Crippen LogP contribution in [0.5, 0.6) is 17.2 Å². The van der Waals surface area contributed by atoms with Gasteiger partial charge in [-0.1, -0.05) is 25.3 Å². The minimum Gasteiger partial charge on any atom is -0.504 e. The lowest BCUT2D eigenvalue weighted by atomic mass is 10.1. The van der Waals surface area contributed by atoms with Gasteiger partial charge in [-0.15, -0.1) is 0 Å². The van der Waals surface area contributed by atoms with E-state index in [2.05, 4.69) is 13.2 Å². The van der Waals surface area contributed by atoms with E-state index in [1.165, 1.54) is 18.2 Å². The maximum Gasteiger partial charge on any atom is 0.201 e. The molecule has 0 fully saturated rings. The van der Waals surface area contributed by atoms with Crippen molar-refractivity contribution in [1.82, 2.24) is 0 Å². The normalized spacial score (nSPS) is 9.54. The van der Waals surface area contributed by atoms with Gasteiger partial charge in [-0.2, -0.15) is 0 Å². The van der Waals surface area contributed by atoms with Crippen LogP contribution in [-0.4, -0.2) is 15.3 Å². The Morgan fingerprint density at radius 2 is 1.23 bits per heavy atom. The summed E-state index contributed by atoms with van der Waals surface area (Å²) in [7, 11) is 0. The topological polar surface area (TPSA) is 60.7 Å². The van der Waals surface area contributed by atoms with Gasteiger partial charge in [0.2, 0.25) is 5.75 Å². The lowest BCUT2D eigenvalue weighted by Gasteiger charge is -2.07. The first-order valence-electron chi connectivity index (χ1n) is 3.64. The highest BCUT2D eigenvalue weighted by Crippen LogP contribution is 2.40. The minimum atomic E-state index is -0.549. The van der Waals surface area contributed by atoms with Gasteiger partial charge in [0.05, 0.1) is 0 Å². The van der Waals surface area contributed by atoms with Crippen molar-refractivity contribution >= 4 is 12.2 Å². The van der Waals surface area contributed by atoms with Gasteiger partial charge in [0.15, 0.2) is 11.5 Å². The summed E-state index contributed by atoms with van der Waals surface area (Å²) in [5.41, 5.74) is 0.704. The molecule has 0 aliphatic carbocycles. The Balaban J connectivity index is 3.53. The van der Waals surface area contributed by atoms with Gasteiger partial charge in [-0.3, -0.25) is 0 Å². The Morgan fingerprint density at radius 1 is 0.846 bits per heavy atom. The second-order valence-corrected chi connectivity index (χ2v) is 2.51. The Morgan fingerprint density at radius 3 is 1.54 bits per heavy atom. The van der Waals surface area contributed by atoms with Gasteiger partial charge in [0.1, 0.15) is 0 Å². The maximum absolute atomic E-state index is 9.28. The van der Waals surface area contributed by atoms with Crippen LogP contribution < -0.4 is 0 Å². The molecule has 0 saturated heterocycles. The summed E-state index contributed by atoms with van der Waals surface area (Å²) in [6, 6.07) is 1.48. The summed E-state index contributed by atoms with van der Waals surface area (Å²) < 4.78 is 0. The van der Waals surface area contributed by atoms with E-state index < -0.39 is 5.75 Å². The van der Waals surface area contributed by atoms with Crippen LogP contribution in [0.4, 0.5) is 0 Å². The third-order valence-electron chi connectivity index (χ3n) is 1.75. The van der Waals surface area contributed by atoms with Gasteiger partial charge in [0.25, 0.3) is 0 Å². The Hall–Kier alpha value is -1.90. The lowest BCUT2D eigenvalue weighted by molar-refractivity contribution is 0.367. The molecule has 1 aromatic carbocycles. The van der Waals surface area contributed by atoms with E-state index in [0.717, 1.165) is 0 Å². The van der Waals surface area contributed by atoms with Gasteiger partial charge < -0.3 is 15.3 Å². The molecular weight excluding hydrogens is 168 g/mol. The summed E-state index contributed by atoms with van der Waals surface area (Å²) in [5, 5.41) is 27.8. The van der Waals surface area contributed by atoms with Crippen LogP contribution >= 0.6 is 0 Å². The number of phenolic OH excluding ortho intramolecular Hbond substituents is 3. The van der Waals surface area contributed by atoms with Gasteiger partial charge >= 0.3 is 0 Å². The van der Waals surface area contributed by atoms with E-state index in [-0.39, 0.29) is 11.5 Å². The van der Waals surface area contributed by atoms with Crippen molar-refractivity contribution in [3.63, 3.8) is 0 Å². The highest BCUT2D eigenvalue weighted by Gasteiger charge is 2.12. The fourth-order valence-corrected chi connectivity index (χ4v) is 1.00. The van der Waals surface area contributed by atoms with E-state index >= 15 is 0 Å². The van der Waals surface area contributed by atoms with Crippen LogP contribution in [0.25, 0.3) is 12.2 Å². The van der Waals surface area contributed by atoms with E-state index in [1.807, 2.05) is 0 Å². The average molecular weight is 178 g/mol. The summed E-state index contributed by atoms with van der Waals surface area (Å²) >= 11 is 0. The fourth-order valence-electron chi connectivity index (χ4n) is 1.00. The molecule has 68 valence electrons. The van der Waals surface area contributed by atoms with E-state index in [9.17, 15) is 15.3 Å². The monoisotopic (exact) mass is 178 g/mol. The average Bonchev–Trinajstić information content (AvgIpc) is 2.15. The fraction of sp³-hybridized carbons (Fsp3) is 0. The standard InChI is InChI=1S/C10H10O3/c1-3-6-5-7(4-2)9(12)10(13)8(6)11/h3-5,11-13H,1-2H2. The van der Waals surface area contributed by atoms with Crippen LogP contribution in [0.3, 0.4) is 0 Å². The molecule has 0 aliphatic heterocycles. The first kappa shape index (κ1) is 9.19. The van der Waals surface area contributed by atoms with Crippen LogP contribution in [0.1, 0.15) is 11.1 Å². The molecule has 3 heteroatoms. The molecule has 0 spiro atoms. The van der Waals surface area contributed by atoms with Crippen molar-refractivity contribution in [2.45, 2.75) is 0 Å². The molecule has 3 N–H and O–H groups in total. The molecule has 1 rings (SSSR count). The summed E-state index contributed by atoms with van der Waals surface area (Å²) in [6.45, 7) is 6.90. The second kappa shape index (κ2) is 3.23. The lowest BCUT2D eigenvalue weighted by Crippen LogP contribution is -1.81. The quantitative estimate of drug-likeness (QED) is 0.607. The van der Waals surface area contributed by atoms with E-state index in [4.69, 9.17) is 0 Å². The molecule has 3 nitrogen and oxygen atoms in total. The van der Waals surface area contributed by atoms with Crippen molar-refractivity contribution in [3.05, 3.63) is 30.4 Å². The summed E-state index contributed by atoms with van der Waals surface area (Å²) in [6.07, 6.45) is 2.75. The van der Waals surface area contributed by atoms with Crippen molar-refractivity contribution in [3.8, 4) is 17.2 Å². The van der Waals surface area contributed by atoms with Crippen LogP contribution in [0.2, 0.25) is 0 Å². The number of aromatic hydroxyl groups is 3. The zero-order valence-corrected chi connectivity index (χ0v) is 6.99. The van der Waals surface area contributed by atoms with Crippen LogP contribution in [0.15, 0.2) is 19.2 Å². The minimum absolute atomic E-state index is 0.352. The first-order chi connectivity index (χ1) is 6.11. The molecular formula is C10H10O3. The molecule has 0 heterocycles. The molecule has 0 aliphatic rings. The molecule has 0 aromatic heterocycles. The number of rotatable bonds is 2. The third-order valence-corrected chi connectivity index (χ3v) is 1.75. The number of hydrogen-bond acceptors (Lipinski definition) is 3. The largest absolute Gasteiger partial charge is 0.504 e. The molecule has 0 bridgehead atoms. The van der Waals surface area contributed by atoms with Gasteiger partial charge in [0, 0.05) is 11.1 Å². The third kappa shape index (κ3) is 1.36. The zero-order valence-electron chi connectivity index (χ0n) is 6.99. The SMILES string of the molecule is C=Cc1cc(C=C)c(O)c(O)c1O. The molecule has 13 heavy (non-hydrogen) atoms. The van der Waals surface area contributed by atoms with Gasteiger partial charge in [-0.05, 0) is 6.07 Å². The Labute approximate surface area is 75.9 Å². The Kier molecular flexibility index (Phi) is 2.28. The predicted octanol–water partition coefficient (Wildman–Crippen LogP) is 2.09. The number of benzene rings is 1. The number of phenols is 3. The van der Waals surface area contributed by atoms with Gasteiger partial charge in [-0.25, -0.2) is 0 Å². The summed E-state index contributed by atoms with van der Waals surface area (Å²) in [5.74, 6) is -1.30. The molecule has 0 saturated carbocycles. The van der Waals surface area contributed by atoms with Crippen LogP contribution in [-0.2, 0) is 0 Å². The van der Waals surface area contributed by atoms with Crippen molar-refractivity contribution < 1.29 is 15.3 Å². The molecule has 0 atom stereocenters. The predicted molar refractivity (Wildman–Crippen MR) is 51.6 cm³/mol. The summed E-state index contributed by atoms with van der Waals surface area (Å²) in [4.78, 5) is 0. The molecule has 0 unspecified atom stereocenters. The first-order valence-corrected chi connectivity index (χ1v) is 3.64. The molecule has 1 aromatic rings. The smallest absolute Gasteiger partial charge is 0.201 e. The number of hydrogen-bond donors (Lipinski definition) is 3. The Bertz CT molecular complexity index is 335. The van der Waals surface area contributed by atoms with Crippen molar-refractivity contribution in [2.75, 3.05) is 0 Å². The zero-order chi connectivity index (χ0) is 10.0. The molecule has 0 radical (unpaired) electrons. The molecule has 0 amide bonds. The van der Waals surface area contributed by atoms with Crippen molar-refractivity contribution in [1.29, 1.82) is 0 Å². The van der Waals surface area contributed by atoms with Crippen molar-refractivity contribution in [2.24, 2.45) is 0 Å².